The number of benzene rings is 4. The van der Waals surface area contributed by atoms with E-state index in [0.717, 1.165) is 10.2 Å². The summed E-state index contributed by atoms with van der Waals surface area (Å²) in [5.74, 6) is 0. The van der Waals surface area contributed by atoms with E-state index in [9.17, 15) is 0 Å². The van der Waals surface area contributed by atoms with Gasteiger partial charge >= 0.3 is 0 Å². The Morgan fingerprint density at radius 3 is 1.75 bits per heavy atom. The van der Waals surface area contributed by atoms with Gasteiger partial charge < -0.3 is 4.90 Å². The quantitative estimate of drug-likeness (QED) is 0.292. The second-order valence-corrected chi connectivity index (χ2v) is 14.1. The number of fused-ring (bicyclic) bond motifs is 1. The zero-order valence-electron chi connectivity index (χ0n) is 16.5. The van der Waals surface area contributed by atoms with Crippen molar-refractivity contribution >= 4 is 57.0 Å². The van der Waals surface area contributed by atoms with Gasteiger partial charge in [0.05, 0.1) is 8.07 Å². The molecule has 28 heavy (non-hydrogen) atoms. The second-order valence-electron chi connectivity index (χ2n) is 8.14. The molecule has 4 rings (SSSR count). The molecular weight excluding hydrogens is 422 g/mol. The van der Waals surface area contributed by atoms with E-state index < -0.39 is 8.07 Å². The lowest BCUT2D eigenvalue weighted by molar-refractivity contribution is 1.29. The fraction of sp³-hybridized carbons (Fsp3) is 0.120. The molecule has 0 radical (unpaired) electrons. The van der Waals surface area contributed by atoms with Gasteiger partial charge in [0.25, 0.3) is 0 Å². The summed E-state index contributed by atoms with van der Waals surface area (Å²) in [4.78, 5) is 2.33. The molecule has 0 aliphatic carbocycles. The highest BCUT2D eigenvalue weighted by Gasteiger charge is 2.18. The minimum atomic E-state index is -1.32. The Labute approximate surface area is 176 Å². The standard InChI is InChI=1S/C25H24BrNSi/c1-28(2,3)25-16-14-23(15-17-25)27(22-12-9-21(26)10-13-22)24-11-8-19-6-4-5-7-20(19)18-24/h4-18H,1-3H3. The molecule has 0 heterocycles. The van der Waals surface area contributed by atoms with Crippen LogP contribution in [0.3, 0.4) is 0 Å². The third-order valence-corrected chi connectivity index (χ3v) is 7.66. The topological polar surface area (TPSA) is 3.24 Å². The predicted octanol–water partition coefficient (Wildman–Crippen LogP) is 7.62. The van der Waals surface area contributed by atoms with Crippen molar-refractivity contribution in [1.29, 1.82) is 0 Å². The number of hydrogen-bond donors (Lipinski definition) is 0. The Hall–Kier alpha value is -2.36. The van der Waals surface area contributed by atoms with Gasteiger partial charge in [0, 0.05) is 21.5 Å². The van der Waals surface area contributed by atoms with Crippen LogP contribution in [-0.2, 0) is 0 Å². The molecule has 0 spiro atoms. The van der Waals surface area contributed by atoms with Crippen molar-refractivity contribution in [2.24, 2.45) is 0 Å². The van der Waals surface area contributed by atoms with Gasteiger partial charge in [-0.1, -0.05) is 83.2 Å². The minimum Gasteiger partial charge on any atom is -0.310 e. The highest BCUT2D eigenvalue weighted by atomic mass is 79.9. The van der Waals surface area contributed by atoms with Gasteiger partial charge in [0.15, 0.2) is 0 Å². The number of nitrogens with zero attached hydrogens (tertiary/aromatic N) is 1. The predicted molar refractivity (Wildman–Crippen MR) is 129 cm³/mol. The third-order valence-electron chi connectivity index (χ3n) is 5.07. The van der Waals surface area contributed by atoms with Crippen molar-refractivity contribution in [2.45, 2.75) is 19.6 Å². The van der Waals surface area contributed by atoms with Crippen LogP contribution in [0.2, 0.25) is 19.6 Å². The van der Waals surface area contributed by atoms with Gasteiger partial charge in [-0.15, -0.1) is 0 Å². The van der Waals surface area contributed by atoms with E-state index >= 15 is 0 Å². The molecule has 0 N–H and O–H groups in total. The van der Waals surface area contributed by atoms with E-state index in [-0.39, 0.29) is 0 Å². The number of hydrogen-bond acceptors (Lipinski definition) is 1. The summed E-state index contributed by atoms with van der Waals surface area (Å²) in [5, 5.41) is 3.99. The lowest BCUT2D eigenvalue weighted by Gasteiger charge is -2.27. The first-order valence-electron chi connectivity index (χ1n) is 9.57. The van der Waals surface area contributed by atoms with Gasteiger partial charge in [-0.25, -0.2) is 0 Å². The Balaban J connectivity index is 1.85. The fourth-order valence-corrected chi connectivity index (χ4v) is 4.89. The van der Waals surface area contributed by atoms with Crippen molar-refractivity contribution in [1.82, 2.24) is 0 Å². The average molecular weight is 446 g/mol. The SMILES string of the molecule is C[Si](C)(C)c1ccc(N(c2ccc(Br)cc2)c2ccc3ccccc3c2)cc1. The zero-order chi connectivity index (χ0) is 19.7. The van der Waals surface area contributed by atoms with Gasteiger partial charge in [-0.2, -0.15) is 0 Å². The molecule has 0 aliphatic rings. The number of halogens is 1. The van der Waals surface area contributed by atoms with Crippen LogP contribution >= 0.6 is 15.9 Å². The Morgan fingerprint density at radius 2 is 1.14 bits per heavy atom. The van der Waals surface area contributed by atoms with E-state index in [1.54, 1.807) is 0 Å². The molecule has 0 unspecified atom stereocenters. The largest absolute Gasteiger partial charge is 0.310 e. The maximum atomic E-state index is 3.56. The molecule has 0 aromatic heterocycles. The van der Waals surface area contributed by atoms with Gasteiger partial charge in [-0.3, -0.25) is 0 Å². The molecule has 3 heteroatoms. The maximum absolute atomic E-state index is 3.56. The van der Waals surface area contributed by atoms with Crippen molar-refractivity contribution in [2.75, 3.05) is 4.90 Å². The first-order chi connectivity index (χ1) is 13.4. The summed E-state index contributed by atoms with van der Waals surface area (Å²) in [7, 11) is -1.32. The molecule has 0 saturated carbocycles. The molecule has 0 bridgehead atoms. The Morgan fingerprint density at radius 1 is 0.607 bits per heavy atom. The summed E-state index contributed by atoms with van der Waals surface area (Å²) < 4.78 is 1.09. The molecule has 4 aromatic carbocycles. The first-order valence-corrected chi connectivity index (χ1v) is 13.9. The summed E-state index contributed by atoms with van der Waals surface area (Å²) >= 11 is 3.56. The van der Waals surface area contributed by atoms with Gasteiger partial charge in [-0.05, 0) is 59.3 Å². The van der Waals surface area contributed by atoms with E-state index in [1.165, 1.54) is 27.3 Å². The third kappa shape index (κ3) is 3.91. The van der Waals surface area contributed by atoms with Crippen LogP contribution in [0.5, 0.6) is 0 Å². The van der Waals surface area contributed by atoms with Crippen LogP contribution in [-0.4, -0.2) is 8.07 Å². The zero-order valence-corrected chi connectivity index (χ0v) is 19.1. The number of rotatable bonds is 4. The lowest BCUT2D eigenvalue weighted by atomic mass is 10.1. The highest BCUT2D eigenvalue weighted by Crippen LogP contribution is 2.36. The molecule has 0 saturated heterocycles. The molecule has 140 valence electrons. The van der Waals surface area contributed by atoms with Crippen LogP contribution in [0.4, 0.5) is 17.1 Å². The van der Waals surface area contributed by atoms with Gasteiger partial charge in [0.1, 0.15) is 0 Å². The van der Waals surface area contributed by atoms with Crippen LogP contribution in [0.15, 0.2) is 95.5 Å². The fourth-order valence-electron chi connectivity index (χ4n) is 3.46. The van der Waals surface area contributed by atoms with E-state index in [1.807, 2.05) is 0 Å². The lowest BCUT2D eigenvalue weighted by Crippen LogP contribution is -2.37. The summed E-state index contributed by atoms with van der Waals surface area (Å²) in [5.41, 5.74) is 3.50. The van der Waals surface area contributed by atoms with Crippen molar-refractivity contribution in [3.63, 3.8) is 0 Å². The van der Waals surface area contributed by atoms with Crippen molar-refractivity contribution < 1.29 is 0 Å². The summed E-state index contributed by atoms with van der Waals surface area (Å²) in [6, 6.07) is 32.8. The monoisotopic (exact) mass is 445 g/mol. The summed E-state index contributed by atoms with van der Waals surface area (Å²) in [6.45, 7) is 7.16. The Kier molecular flexibility index (Phi) is 5.13. The molecule has 0 aliphatic heterocycles. The Bertz CT molecular complexity index is 1100. The van der Waals surface area contributed by atoms with Crippen LogP contribution in [0, 0.1) is 0 Å². The molecule has 0 fully saturated rings. The van der Waals surface area contributed by atoms with Crippen LogP contribution in [0.1, 0.15) is 0 Å². The van der Waals surface area contributed by atoms with E-state index in [4.69, 9.17) is 0 Å². The van der Waals surface area contributed by atoms with Crippen molar-refractivity contribution in [3.05, 3.63) is 95.5 Å². The molecule has 0 atom stereocenters. The summed E-state index contributed by atoms with van der Waals surface area (Å²) in [6.07, 6.45) is 0. The minimum absolute atomic E-state index is 1.09. The van der Waals surface area contributed by atoms with Gasteiger partial charge in [0.2, 0.25) is 0 Å². The maximum Gasteiger partial charge on any atom is 0.0775 e. The average Bonchev–Trinajstić information content (AvgIpc) is 2.69. The molecule has 1 nitrogen and oxygen atoms in total. The first kappa shape index (κ1) is 19.0. The molecule has 4 aromatic rings. The normalized spacial score (nSPS) is 11.6. The second kappa shape index (κ2) is 7.57. The number of anilines is 3. The van der Waals surface area contributed by atoms with Crippen molar-refractivity contribution in [3.8, 4) is 0 Å². The van der Waals surface area contributed by atoms with Crippen LogP contribution < -0.4 is 10.1 Å². The van der Waals surface area contributed by atoms with E-state index in [0.29, 0.717) is 0 Å². The smallest absolute Gasteiger partial charge is 0.0775 e. The highest BCUT2D eigenvalue weighted by molar-refractivity contribution is 9.10. The van der Waals surface area contributed by atoms with E-state index in [2.05, 4.69) is 131 Å². The van der Waals surface area contributed by atoms with Crippen LogP contribution in [0.25, 0.3) is 10.8 Å². The molecular formula is C25H24BrNSi. The molecule has 0 amide bonds.